The largest absolute Gasteiger partial charge is 0.444 e. The van der Waals surface area contributed by atoms with Gasteiger partial charge in [0.25, 0.3) is 0 Å². The van der Waals surface area contributed by atoms with Crippen LogP contribution in [0, 0.1) is 0 Å². The van der Waals surface area contributed by atoms with Crippen molar-refractivity contribution >= 4 is 18.1 Å². The second-order valence-electron chi connectivity index (χ2n) is 5.75. The Labute approximate surface area is 163 Å². The van der Waals surface area contributed by atoms with Gasteiger partial charge in [0.2, 0.25) is 5.96 Å². The van der Waals surface area contributed by atoms with Crippen LogP contribution >= 0.6 is 0 Å². The summed E-state index contributed by atoms with van der Waals surface area (Å²) >= 11 is 0. The predicted molar refractivity (Wildman–Crippen MR) is 105 cm³/mol. The lowest BCUT2D eigenvalue weighted by atomic mass is 10.2. The average Bonchev–Trinajstić information content (AvgIpc) is 2.72. The lowest BCUT2D eigenvalue weighted by Gasteiger charge is -2.11. The van der Waals surface area contributed by atoms with Crippen molar-refractivity contribution in [3.8, 4) is 0 Å². The molecule has 2 aromatic carbocycles. The molecule has 0 fully saturated rings. The van der Waals surface area contributed by atoms with Gasteiger partial charge in [0.1, 0.15) is 13.2 Å². The highest BCUT2D eigenvalue weighted by Gasteiger charge is 2.12. The standard InChI is InChI=1S/C20H24N4O4/c21-12-7-13-22-18(23-19(25)27-14-16-8-3-1-4-9-16)24-20(26)28-15-17-10-5-2-6-11-17/h1-6,8-11H,7,12-15,21H2,(H2,22,23,24,25,26). The highest BCUT2D eigenvalue weighted by Crippen LogP contribution is 2.01. The van der Waals surface area contributed by atoms with E-state index < -0.39 is 12.2 Å². The fourth-order valence-corrected chi connectivity index (χ4v) is 2.10. The van der Waals surface area contributed by atoms with E-state index in [2.05, 4.69) is 15.6 Å². The second-order valence-corrected chi connectivity index (χ2v) is 5.75. The van der Waals surface area contributed by atoms with Crippen LogP contribution in [0.1, 0.15) is 17.5 Å². The van der Waals surface area contributed by atoms with Crippen LogP contribution in [0.3, 0.4) is 0 Å². The number of guanidine groups is 1. The molecular weight excluding hydrogens is 360 g/mol. The molecular formula is C20H24N4O4. The van der Waals surface area contributed by atoms with Gasteiger partial charge in [0.05, 0.1) is 0 Å². The average molecular weight is 384 g/mol. The first-order chi connectivity index (χ1) is 13.7. The van der Waals surface area contributed by atoms with Gasteiger partial charge in [-0.2, -0.15) is 0 Å². The molecule has 0 aromatic heterocycles. The monoisotopic (exact) mass is 384 g/mol. The maximum atomic E-state index is 12.0. The lowest BCUT2D eigenvalue weighted by Crippen LogP contribution is -2.44. The molecule has 0 spiro atoms. The number of aliphatic imine (C=N–C) groups is 1. The minimum absolute atomic E-state index is 0.0513. The number of benzene rings is 2. The number of nitrogens with two attached hydrogens (primary N) is 1. The van der Waals surface area contributed by atoms with Crippen LogP contribution in [0.4, 0.5) is 9.59 Å². The van der Waals surface area contributed by atoms with Gasteiger partial charge < -0.3 is 15.2 Å². The molecule has 148 valence electrons. The van der Waals surface area contributed by atoms with Crippen molar-refractivity contribution in [3.05, 3.63) is 71.8 Å². The number of nitrogens with zero attached hydrogens (tertiary/aromatic N) is 1. The smallest absolute Gasteiger partial charge is 0.414 e. The molecule has 2 aromatic rings. The Hall–Kier alpha value is -3.39. The maximum Gasteiger partial charge on any atom is 0.414 e. The number of alkyl carbamates (subject to hydrolysis) is 2. The Morgan fingerprint density at radius 2 is 1.29 bits per heavy atom. The number of nitrogens with one attached hydrogen (secondary N) is 2. The van der Waals surface area contributed by atoms with E-state index in [0.29, 0.717) is 19.5 Å². The van der Waals surface area contributed by atoms with E-state index in [9.17, 15) is 9.59 Å². The fourth-order valence-electron chi connectivity index (χ4n) is 2.10. The van der Waals surface area contributed by atoms with Gasteiger partial charge in [-0.05, 0) is 24.1 Å². The van der Waals surface area contributed by atoms with Crippen LogP contribution < -0.4 is 16.4 Å². The van der Waals surface area contributed by atoms with E-state index in [0.717, 1.165) is 11.1 Å². The van der Waals surface area contributed by atoms with Crippen molar-refractivity contribution in [2.24, 2.45) is 10.7 Å². The van der Waals surface area contributed by atoms with Crippen LogP contribution in [-0.4, -0.2) is 31.2 Å². The van der Waals surface area contributed by atoms with Gasteiger partial charge in [-0.3, -0.25) is 15.6 Å². The zero-order chi connectivity index (χ0) is 20.0. The zero-order valence-corrected chi connectivity index (χ0v) is 15.5. The molecule has 0 saturated heterocycles. The van der Waals surface area contributed by atoms with Gasteiger partial charge in [-0.15, -0.1) is 0 Å². The van der Waals surface area contributed by atoms with E-state index in [1.54, 1.807) is 0 Å². The van der Waals surface area contributed by atoms with Crippen LogP contribution in [0.15, 0.2) is 65.7 Å². The summed E-state index contributed by atoms with van der Waals surface area (Å²) in [5.41, 5.74) is 7.13. The summed E-state index contributed by atoms with van der Waals surface area (Å²) in [5.74, 6) is -0.0513. The Kier molecular flexibility index (Phi) is 9.02. The maximum absolute atomic E-state index is 12.0. The van der Waals surface area contributed by atoms with Gasteiger partial charge >= 0.3 is 12.2 Å². The molecule has 8 heteroatoms. The molecule has 2 amide bonds. The van der Waals surface area contributed by atoms with Crippen molar-refractivity contribution in [2.75, 3.05) is 13.1 Å². The molecule has 8 nitrogen and oxygen atoms in total. The molecule has 2 rings (SSSR count). The molecule has 0 radical (unpaired) electrons. The van der Waals surface area contributed by atoms with Crippen molar-refractivity contribution in [2.45, 2.75) is 19.6 Å². The predicted octanol–water partition coefficient (Wildman–Crippen LogP) is 2.54. The summed E-state index contributed by atoms with van der Waals surface area (Å²) in [6.07, 6.45) is -0.872. The van der Waals surface area contributed by atoms with E-state index >= 15 is 0 Å². The Bertz CT molecular complexity index is 707. The number of rotatable bonds is 7. The van der Waals surface area contributed by atoms with E-state index in [4.69, 9.17) is 15.2 Å². The van der Waals surface area contributed by atoms with Gasteiger partial charge in [0, 0.05) is 6.54 Å². The van der Waals surface area contributed by atoms with Crippen LogP contribution in [-0.2, 0) is 22.7 Å². The quantitative estimate of drug-likeness (QED) is 0.385. The zero-order valence-electron chi connectivity index (χ0n) is 15.5. The summed E-state index contributed by atoms with van der Waals surface area (Å²) in [6, 6.07) is 18.5. The Morgan fingerprint density at radius 3 is 1.71 bits per heavy atom. The molecule has 0 bridgehead atoms. The first kappa shape index (κ1) is 20.9. The van der Waals surface area contributed by atoms with Gasteiger partial charge in [0.15, 0.2) is 0 Å². The Balaban J connectivity index is 1.84. The minimum atomic E-state index is -0.737. The normalized spacial score (nSPS) is 9.89. The molecule has 0 heterocycles. The summed E-state index contributed by atoms with van der Waals surface area (Å²) in [4.78, 5) is 28.1. The summed E-state index contributed by atoms with van der Waals surface area (Å²) < 4.78 is 10.3. The first-order valence-corrected chi connectivity index (χ1v) is 8.87. The van der Waals surface area contributed by atoms with Crippen LogP contribution in [0.5, 0.6) is 0 Å². The van der Waals surface area contributed by atoms with Crippen molar-refractivity contribution < 1.29 is 19.1 Å². The molecule has 28 heavy (non-hydrogen) atoms. The van der Waals surface area contributed by atoms with Crippen molar-refractivity contribution in [1.29, 1.82) is 0 Å². The molecule has 0 saturated carbocycles. The van der Waals surface area contributed by atoms with Crippen molar-refractivity contribution in [1.82, 2.24) is 10.6 Å². The van der Waals surface area contributed by atoms with Crippen LogP contribution in [0.25, 0.3) is 0 Å². The highest BCUT2D eigenvalue weighted by molar-refractivity contribution is 6.01. The third kappa shape index (κ3) is 8.33. The lowest BCUT2D eigenvalue weighted by molar-refractivity contribution is 0.141. The number of ether oxygens (including phenoxy) is 2. The molecule has 0 aliphatic rings. The van der Waals surface area contributed by atoms with Crippen molar-refractivity contribution in [3.63, 3.8) is 0 Å². The topological polar surface area (TPSA) is 115 Å². The van der Waals surface area contributed by atoms with E-state index in [1.165, 1.54) is 0 Å². The number of carbonyl (C=O) groups excluding carboxylic acids is 2. The summed E-state index contributed by atoms with van der Waals surface area (Å²) in [6.45, 7) is 0.972. The van der Waals surface area contributed by atoms with E-state index in [1.807, 2.05) is 60.7 Å². The fraction of sp³-hybridized carbons (Fsp3) is 0.250. The second kappa shape index (κ2) is 12.1. The summed E-state index contributed by atoms with van der Waals surface area (Å²) in [7, 11) is 0. The first-order valence-electron chi connectivity index (χ1n) is 8.87. The SMILES string of the molecule is NCCCN=C(NC(=O)OCc1ccccc1)NC(=O)OCc1ccccc1. The summed E-state index contributed by atoms with van der Waals surface area (Å²) in [5, 5.41) is 4.82. The number of hydrogen-bond acceptors (Lipinski definition) is 6. The Morgan fingerprint density at radius 1 is 0.821 bits per heavy atom. The molecule has 0 aliphatic carbocycles. The molecule has 4 N–H and O–H groups in total. The van der Waals surface area contributed by atoms with E-state index in [-0.39, 0.29) is 19.2 Å². The minimum Gasteiger partial charge on any atom is -0.444 e. The number of amides is 2. The number of carbonyl (C=O) groups is 2. The number of hydrogen-bond donors (Lipinski definition) is 3. The molecule has 0 unspecified atom stereocenters. The van der Waals surface area contributed by atoms with Gasteiger partial charge in [-0.1, -0.05) is 60.7 Å². The molecule has 0 aliphatic heterocycles. The highest BCUT2D eigenvalue weighted by atomic mass is 16.6. The molecule has 0 atom stereocenters. The van der Waals surface area contributed by atoms with Gasteiger partial charge in [-0.25, -0.2) is 9.59 Å². The third-order valence-corrected chi connectivity index (χ3v) is 3.50. The third-order valence-electron chi connectivity index (χ3n) is 3.50. The van der Waals surface area contributed by atoms with Crippen LogP contribution in [0.2, 0.25) is 0 Å².